The van der Waals surface area contributed by atoms with Gasteiger partial charge in [-0.2, -0.15) is 5.10 Å². The maximum atomic E-state index is 12.0. The largest absolute Gasteiger partial charge is 0.366 e. The molecule has 0 aliphatic heterocycles. The Balaban J connectivity index is 1.95. The lowest BCUT2D eigenvalue weighted by Crippen LogP contribution is -2.22. The average Bonchev–Trinajstić information content (AvgIpc) is 2.92. The molecule has 1 aromatic carbocycles. The summed E-state index contributed by atoms with van der Waals surface area (Å²) in [5.41, 5.74) is 6.14. The van der Waals surface area contributed by atoms with Crippen molar-refractivity contribution in [2.45, 2.75) is 17.3 Å². The predicted octanol–water partition coefficient (Wildman–Crippen LogP) is 1.02. The van der Waals surface area contributed by atoms with Gasteiger partial charge < -0.3 is 11.1 Å². The molecule has 104 valence electrons. The van der Waals surface area contributed by atoms with E-state index >= 15 is 0 Å². The Morgan fingerprint density at radius 3 is 2.60 bits per heavy atom. The number of nitrogens with one attached hydrogen (secondary N) is 2. The number of thioether (sulfide) groups is 1. The van der Waals surface area contributed by atoms with E-state index in [1.165, 1.54) is 18.1 Å². The van der Waals surface area contributed by atoms with Crippen LogP contribution in [0.2, 0.25) is 0 Å². The molecule has 1 aromatic heterocycles. The standard InChI is InChI=1S/C12H13N5O2S/c1-7(20-12-14-6-15-17-12)11(19)16-9-4-2-8(3-5-9)10(13)18/h2-7H,1H3,(H2,13,18)(H,16,19)(H,14,15,17)/t7-/m1/s1. The number of hydrogen-bond donors (Lipinski definition) is 3. The Morgan fingerprint density at radius 2 is 2.05 bits per heavy atom. The lowest BCUT2D eigenvalue weighted by Gasteiger charge is -2.10. The number of amides is 2. The summed E-state index contributed by atoms with van der Waals surface area (Å²) in [5.74, 6) is -0.671. The van der Waals surface area contributed by atoms with E-state index in [-0.39, 0.29) is 11.2 Å². The van der Waals surface area contributed by atoms with E-state index in [0.717, 1.165) is 0 Å². The minimum Gasteiger partial charge on any atom is -0.366 e. The van der Waals surface area contributed by atoms with E-state index in [9.17, 15) is 9.59 Å². The maximum Gasteiger partial charge on any atom is 0.248 e. The van der Waals surface area contributed by atoms with Crippen LogP contribution in [0.25, 0.3) is 0 Å². The summed E-state index contributed by atoms with van der Waals surface area (Å²) >= 11 is 1.27. The summed E-state index contributed by atoms with van der Waals surface area (Å²) in [5, 5.41) is 9.38. The second-order valence-electron chi connectivity index (χ2n) is 3.98. The summed E-state index contributed by atoms with van der Waals surface area (Å²) in [6.07, 6.45) is 1.38. The summed E-state index contributed by atoms with van der Waals surface area (Å²) in [7, 11) is 0. The maximum absolute atomic E-state index is 12.0. The van der Waals surface area contributed by atoms with E-state index in [1.807, 2.05) is 0 Å². The van der Waals surface area contributed by atoms with Gasteiger partial charge >= 0.3 is 0 Å². The highest BCUT2D eigenvalue weighted by Gasteiger charge is 2.16. The van der Waals surface area contributed by atoms with Gasteiger partial charge in [-0.05, 0) is 31.2 Å². The number of carbonyl (C=O) groups excluding carboxylic acids is 2. The minimum atomic E-state index is -0.503. The molecule has 1 atom stereocenters. The van der Waals surface area contributed by atoms with Crippen LogP contribution in [0.15, 0.2) is 35.7 Å². The minimum absolute atomic E-state index is 0.168. The third-order valence-corrected chi connectivity index (χ3v) is 3.48. The van der Waals surface area contributed by atoms with Gasteiger partial charge in [0.2, 0.25) is 11.8 Å². The van der Waals surface area contributed by atoms with Crippen LogP contribution in [0, 0.1) is 0 Å². The quantitative estimate of drug-likeness (QED) is 0.712. The molecule has 1 heterocycles. The van der Waals surface area contributed by atoms with Gasteiger partial charge in [-0.3, -0.25) is 14.7 Å². The summed E-state index contributed by atoms with van der Waals surface area (Å²) < 4.78 is 0. The smallest absolute Gasteiger partial charge is 0.248 e. The normalized spacial score (nSPS) is 11.8. The Kier molecular flexibility index (Phi) is 4.36. The number of nitrogens with zero attached hydrogens (tertiary/aromatic N) is 2. The number of carbonyl (C=O) groups is 2. The first kappa shape index (κ1) is 14.1. The Hall–Kier alpha value is -2.35. The van der Waals surface area contributed by atoms with Crippen molar-refractivity contribution < 1.29 is 9.59 Å². The first-order valence-corrected chi connectivity index (χ1v) is 6.67. The van der Waals surface area contributed by atoms with Crippen LogP contribution in [0.4, 0.5) is 5.69 Å². The number of aromatic amines is 1. The van der Waals surface area contributed by atoms with Crippen LogP contribution < -0.4 is 11.1 Å². The van der Waals surface area contributed by atoms with Crippen LogP contribution in [-0.4, -0.2) is 32.2 Å². The van der Waals surface area contributed by atoms with Crippen LogP contribution in [0.1, 0.15) is 17.3 Å². The third kappa shape index (κ3) is 3.58. The zero-order chi connectivity index (χ0) is 14.5. The van der Waals surface area contributed by atoms with Crippen molar-refractivity contribution in [1.82, 2.24) is 15.2 Å². The van der Waals surface area contributed by atoms with Gasteiger partial charge in [-0.15, -0.1) is 0 Å². The zero-order valence-corrected chi connectivity index (χ0v) is 11.5. The van der Waals surface area contributed by atoms with Crippen LogP contribution in [-0.2, 0) is 4.79 Å². The van der Waals surface area contributed by atoms with Crippen LogP contribution in [0.3, 0.4) is 0 Å². The van der Waals surface area contributed by atoms with E-state index in [4.69, 9.17) is 5.73 Å². The van der Waals surface area contributed by atoms with Crippen molar-refractivity contribution in [2.75, 3.05) is 5.32 Å². The predicted molar refractivity (Wildman–Crippen MR) is 75.3 cm³/mol. The highest BCUT2D eigenvalue weighted by atomic mass is 32.2. The number of primary amides is 1. The fourth-order valence-electron chi connectivity index (χ4n) is 1.43. The molecule has 4 N–H and O–H groups in total. The zero-order valence-electron chi connectivity index (χ0n) is 10.7. The van der Waals surface area contributed by atoms with Gasteiger partial charge in [0.1, 0.15) is 6.33 Å². The number of aromatic nitrogens is 3. The summed E-state index contributed by atoms with van der Waals surface area (Å²) in [6.45, 7) is 1.76. The first-order valence-electron chi connectivity index (χ1n) is 5.79. The molecule has 0 unspecified atom stereocenters. The van der Waals surface area contributed by atoms with Crippen molar-refractivity contribution in [2.24, 2.45) is 5.73 Å². The van der Waals surface area contributed by atoms with Crippen molar-refractivity contribution in [3.8, 4) is 0 Å². The SMILES string of the molecule is C[C@@H](Sc1ncn[nH]1)C(=O)Nc1ccc(C(N)=O)cc1. The van der Waals surface area contributed by atoms with Gasteiger partial charge in [0.05, 0.1) is 5.25 Å². The second-order valence-corrected chi connectivity index (χ2v) is 5.31. The molecule has 2 amide bonds. The van der Waals surface area contributed by atoms with Crippen molar-refractivity contribution >= 4 is 29.3 Å². The Labute approximate surface area is 119 Å². The number of anilines is 1. The van der Waals surface area contributed by atoms with Crippen LogP contribution in [0.5, 0.6) is 0 Å². The molecule has 0 bridgehead atoms. The highest BCUT2D eigenvalue weighted by molar-refractivity contribution is 8.00. The van der Waals surface area contributed by atoms with Crippen molar-refractivity contribution in [3.05, 3.63) is 36.2 Å². The Morgan fingerprint density at radius 1 is 1.35 bits per heavy atom. The molecular weight excluding hydrogens is 278 g/mol. The molecule has 0 spiro atoms. The molecular formula is C12H13N5O2S. The average molecular weight is 291 g/mol. The summed E-state index contributed by atoms with van der Waals surface area (Å²) in [4.78, 5) is 26.8. The van der Waals surface area contributed by atoms with Crippen molar-refractivity contribution in [3.63, 3.8) is 0 Å². The molecule has 0 radical (unpaired) electrons. The van der Waals surface area contributed by atoms with E-state index in [2.05, 4.69) is 20.5 Å². The van der Waals surface area contributed by atoms with E-state index in [1.54, 1.807) is 31.2 Å². The highest BCUT2D eigenvalue weighted by Crippen LogP contribution is 2.19. The molecule has 0 aliphatic rings. The molecule has 20 heavy (non-hydrogen) atoms. The van der Waals surface area contributed by atoms with Crippen molar-refractivity contribution in [1.29, 1.82) is 0 Å². The number of nitrogens with two attached hydrogens (primary N) is 1. The first-order chi connectivity index (χ1) is 9.56. The topological polar surface area (TPSA) is 114 Å². The Bertz CT molecular complexity index is 597. The fraction of sp³-hybridized carbons (Fsp3) is 0.167. The lowest BCUT2D eigenvalue weighted by atomic mass is 10.2. The number of rotatable bonds is 5. The monoisotopic (exact) mass is 291 g/mol. The fourth-order valence-corrected chi connectivity index (χ4v) is 2.15. The molecule has 8 heteroatoms. The second kappa shape index (κ2) is 6.20. The molecule has 0 saturated heterocycles. The van der Waals surface area contributed by atoms with E-state index in [0.29, 0.717) is 16.4 Å². The summed E-state index contributed by atoms with van der Waals surface area (Å²) in [6, 6.07) is 6.38. The lowest BCUT2D eigenvalue weighted by molar-refractivity contribution is -0.115. The van der Waals surface area contributed by atoms with Gasteiger partial charge in [-0.1, -0.05) is 11.8 Å². The van der Waals surface area contributed by atoms with Gasteiger partial charge in [0, 0.05) is 11.3 Å². The van der Waals surface area contributed by atoms with Gasteiger partial charge in [0.25, 0.3) is 0 Å². The number of hydrogen-bond acceptors (Lipinski definition) is 5. The van der Waals surface area contributed by atoms with Crippen LogP contribution >= 0.6 is 11.8 Å². The van der Waals surface area contributed by atoms with E-state index < -0.39 is 5.91 Å². The van der Waals surface area contributed by atoms with Gasteiger partial charge in [0.15, 0.2) is 5.16 Å². The van der Waals surface area contributed by atoms with Gasteiger partial charge in [-0.25, -0.2) is 4.98 Å². The number of H-pyrrole nitrogens is 1. The molecule has 7 nitrogen and oxygen atoms in total. The molecule has 0 saturated carbocycles. The molecule has 2 rings (SSSR count). The third-order valence-electron chi connectivity index (χ3n) is 2.49. The molecule has 2 aromatic rings. The number of benzene rings is 1. The molecule has 0 fully saturated rings. The molecule has 0 aliphatic carbocycles.